The fourth-order valence-corrected chi connectivity index (χ4v) is 1.01. The average molecular weight is 188 g/mol. The predicted molar refractivity (Wildman–Crippen MR) is 41.7 cm³/mol. The van der Waals surface area contributed by atoms with Gasteiger partial charge in [-0.05, 0) is 0 Å². The van der Waals surface area contributed by atoms with Gasteiger partial charge in [0.05, 0.1) is 0 Å². The molecule has 0 spiro atoms. The molecule has 13 heavy (non-hydrogen) atoms. The summed E-state index contributed by atoms with van der Waals surface area (Å²) in [6.07, 6.45) is -5.12. The zero-order valence-corrected chi connectivity index (χ0v) is 6.58. The number of hydrogen-bond donors (Lipinski definition) is 0. The summed E-state index contributed by atoms with van der Waals surface area (Å²) in [5, 5.41) is 0. The molecule has 0 aliphatic carbocycles. The third-order valence-corrected chi connectivity index (χ3v) is 1.64. The van der Waals surface area contributed by atoms with Crippen LogP contribution in [0.5, 0.6) is 0 Å². The van der Waals surface area contributed by atoms with Crippen molar-refractivity contribution in [3.05, 3.63) is 35.4 Å². The summed E-state index contributed by atoms with van der Waals surface area (Å²) in [5.74, 6) is 0. The van der Waals surface area contributed by atoms with Crippen LogP contribution < -0.4 is 0 Å². The molecule has 1 unspecified atom stereocenters. The Morgan fingerprint density at radius 3 is 2.31 bits per heavy atom. The number of rotatable bonds is 3. The lowest BCUT2D eigenvalue weighted by molar-refractivity contribution is 0.0492. The van der Waals surface area contributed by atoms with Crippen LogP contribution in [0, 0.1) is 0 Å². The van der Waals surface area contributed by atoms with Gasteiger partial charge in [0.15, 0.2) is 6.17 Å². The van der Waals surface area contributed by atoms with Gasteiger partial charge in [0, 0.05) is 11.1 Å². The lowest BCUT2D eigenvalue weighted by Crippen LogP contribution is -2.05. The molecule has 1 aromatic carbocycles. The first-order chi connectivity index (χ1) is 6.16. The number of hydrogen-bond acceptors (Lipinski definition) is 1. The first kappa shape index (κ1) is 9.77. The smallest absolute Gasteiger partial charge is 0.273 e. The molecule has 1 nitrogen and oxygen atoms in total. The van der Waals surface area contributed by atoms with Gasteiger partial charge in [-0.25, -0.2) is 13.2 Å². The highest BCUT2D eigenvalue weighted by Crippen LogP contribution is 2.26. The summed E-state index contributed by atoms with van der Waals surface area (Å²) >= 11 is 0. The van der Waals surface area contributed by atoms with Crippen molar-refractivity contribution >= 4 is 6.29 Å². The standard InChI is InChI=1S/C9H7F3O/c10-8(9(11)12)7-4-2-1-3-6(7)5-13/h1-5,8-9H. The first-order valence-electron chi connectivity index (χ1n) is 3.63. The second kappa shape index (κ2) is 4.07. The first-order valence-corrected chi connectivity index (χ1v) is 3.63. The quantitative estimate of drug-likeness (QED) is 0.666. The molecule has 0 bridgehead atoms. The van der Waals surface area contributed by atoms with Gasteiger partial charge in [-0.1, -0.05) is 24.3 Å². The minimum Gasteiger partial charge on any atom is -0.298 e. The van der Waals surface area contributed by atoms with Crippen LogP contribution in [0.1, 0.15) is 22.1 Å². The van der Waals surface area contributed by atoms with E-state index in [4.69, 9.17) is 0 Å². The van der Waals surface area contributed by atoms with E-state index < -0.39 is 12.6 Å². The second-order valence-corrected chi connectivity index (χ2v) is 2.48. The minimum atomic E-state index is -3.10. The van der Waals surface area contributed by atoms with Gasteiger partial charge >= 0.3 is 0 Å². The van der Waals surface area contributed by atoms with Gasteiger partial charge in [-0.15, -0.1) is 0 Å². The number of halogens is 3. The molecule has 0 amide bonds. The van der Waals surface area contributed by atoms with E-state index in [1.54, 1.807) is 0 Å². The average Bonchev–Trinajstić information content (AvgIpc) is 2.16. The van der Waals surface area contributed by atoms with Crippen LogP contribution in [-0.4, -0.2) is 12.7 Å². The monoisotopic (exact) mass is 188 g/mol. The molecule has 4 heteroatoms. The van der Waals surface area contributed by atoms with Crippen molar-refractivity contribution in [3.63, 3.8) is 0 Å². The van der Waals surface area contributed by atoms with Gasteiger partial charge in [0.25, 0.3) is 6.43 Å². The molecule has 1 rings (SSSR count). The third-order valence-electron chi connectivity index (χ3n) is 1.64. The topological polar surface area (TPSA) is 17.1 Å². The number of carbonyl (C=O) groups excluding carboxylic acids is 1. The zero-order valence-electron chi connectivity index (χ0n) is 6.58. The lowest BCUT2D eigenvalue weighted by Gasteiger charge is -2.08. The van der Waals surface area contributed by atoms with Crippen LogP contribution in [0.15, 0.2) is 24.3 Å². The summed E-state index contributed by atoms with van der Waals surface area (Å²) in [6.45, 7) is 0. The van der Waals surface area contributed by atoms with Crippen LogP contribution in [0.3, 0.4) is 0 Å². The zero-order chi connectivity index (χ0) is 9.84. The van der Waals surface area contributed by atoms with Gasteiger partial charge in [0.1, 0.15) is 6.29 Å². The highest BCUT2D eigenvalue weighted by Gasteiger charge is 2.23. The fraction of sp³-hybridized carbons (Fsp3) is 0.222. The van der Waals surface area contributed by atoms with E-state index in [2.05, 4.69) is 0 Å². The molecule has 1 atom stereocenters. The van der Waals surface area contributed by atoms with Crippen LogP contribution in [0.2, 0.25) is 0 Å². The summed E-state index contributed by atoms with van der Waals surface area (Å²) in [6, 6.07) is 5.39. The molecule has 0 aliphatic heterocycles. The second-order valence-electron chi connectivity index (χ2n) is 2.48. The molecule has 0 N–H and O–H groups in total. The van der Waals surface area contributed by atoms with E-state index in [0.29, 0.717) is 6.29 Å². The van der Waals surface area contributed by atoms with E-state index in [-0.39, 0.29) is 11.1 Å². The van der Waals surface area contributed by atoms with Gasteiger partial charge in [-0.2, -0.15) is 0 Å². The van der Waals surface area contributed by atoms with Crippen molar-refractivity contribution < 1.29 is 18.0 Å². The predicted octanol–water partition coefficient (Wildman–Crippen LogP) is 2.77. The fourth-order valence-electron chi connectivity index (χ4n) is 1.01. The molecular weight excluding hydrogens is 181 g/mol. The maximum atomic E-state index is 12.8. The molecule has 0 aromatic heterocycles. The molecule has 0 saturated carbocycles. The number of carbonyl (C=O) groups is 1. The van der Waals surface area contributed by atoms with E-state index in [1.165, 1.54) is 24.3 Å². The maximum Gasteiger partial charge on any atom is 0.273 e. The van der Waals surface area contributed by atoms with Crippen LogP contribution in [0.25, 0.3) is 0 Å². The summed E-state index contributed by atoms with van der Waals surface area (Å²) in [7, 11) is 0. The van der Waals surface area contributed by atoms with Crippen LogP contribution in [0.4, 0.5) is 13.2 Å². The van der Waals surface area contributed by atoms with Gasteiger partial charge in [-0.3, -0.25) is 4.79 Å². The SMILES string of the molecule is O=Cc1ccccc1C(F)C(F)F. The summed E-state index contributed by atoms with van der Waals surface area (Å²) in [4.78, 5) is 10.3. The Kier molecular flexibility index (Phi) is 3.06. The van der Waals surface area contributed by atoms with Gasteiger partial charge < -0.3 is 0 Å². The molecule has 1 aromatic rings. The minimum absolute atomic E-state index is 0.0321. The van der Waals surface area contributed by atoms with Crippen LogP contribution >= 0.6 is 0 Å². The Morgan fingerprint density at radius 2 is 1.77 bits per heavy atom. The summed E-state index contributed by atoms with van der Waals surface area (Å²) < 4.78 is 36.7. The molecule has 70 valence electrons. The molecule has 0 aliphatic rings. The number of aldehydes is 1. The van der Waals surface area contributed by atoms with E-state index in [9.17, 15) is 18.0 Å². The van der Waals surface area contributed by atoms with Crippen molar-refractivity contribution in [1.29, 1.82) is 0 Å². The van der Waals surface area contributed by atoms with Crippen molar-refractivity contribution in [3.8, 4) is 0 Å². The molecule has 0 saturated heterocycles. The molecule has 0 radical (unpaired) electrons. The highest BCUT2D eigenvalue weighted by molar-refractivity contribution is 5.77. The molecule has 0 heterocycles. The summed E-state index contributed by atoms with van der Waals surface area (Å²) in [5.41, 5.74) is -0.289. The van der Waals surface area contributed by atoms with Crippen molar-refractivity contribution in [2.24, 2.45) is 0 Å². The Hall–Kier alpha value is -1.32. The number of alkyl halides is 3. The van der Waals surface area contributed by atoms with Crippen molar-refractivity contribution in [1.82, 2.24) is 0 Å². The van der Waals surface area contributed by atoms with E-state index >= 15 is 0 Å². The Labute approximate surface area is 73.2 Å². The Balaban J connectivity index is 3.05. The van der Waals surface area contributed by atoms with E-state index in [1.807, 2.05) is 0 Å². The largest absolute Gasteiger partial charge is 0.298 e. The maximum absolute atomic E-state index is 12.8. The number of benzene rings is 1. The van der Waals surface area contributed by atoms with Crippen molar-refractivity contribution in [2.45, 2.75) is 12.6 Å². The van der Waals surface area contributed by atoms with Crippen LogP contribution in [-0.2, 0) is 0 Å². The van der Waals surface area contributed by atoms with Crippen molar-refractivity contribution in [2.75, 3.05) is 0 Å². The molecular formula is C9H7F3O. The Morgan fingerprint density at radius 1 is 1.15 bits per heavy atom. The highest BCUT2D eigenvalue weighted by atomic mass is 19.3. The normalized spacial score (nSPS) is 12.9. The van der Waals surface area contributed by atoms with Gasteiger partial charge in [0.2, 0.25) is 0 Å². The lowest BCUT2D eigenvalue weighted by atomic mass is 10.0. The third kappa shape index (κ3) is 2.08. The molecule has 0 fully saturated rings. The Bertz CT molecular complexity index is 299. The van der Waals surface area contributed by atoms with E-state index in [0.717, 1.165) is 0 Å².